The SMILES string of the molecule is COCCNCc1cccn1Cc1csc(-c2ccc(OC)cc2)n1. The van der Waals surface area contributed by atoms with Crippen molar-refractivity contribution in [1.29, 1.82) is 0 Å². The number of ether oxygens (including phenoxy) is 2. The standard InChI is InChI=1S/C19H23N3O2S/c1-23-11-9-20-12-17-4-3-10-22(17)13-16-14-25-19(21-16)15-5-7-18(24-2)8-6-15/h3-8,10,14,20H,9,11-13H2,1-2H3. The van der Waals surface area contributed by atoms with Crippen LogP contribution in [0, 0.1) is 0 Å². The summed E-state index contributed by atoms with van der Waals surface area (Å²) < 4.78 is 12.5. The molecule has 0 saturated heterocycles. The Labute approximate surface area is 152 Å². The Morgan fingerprint density at radius 2 is 2.00 bits per heavy atom. The lowest BCUT2D eigenvalue weighted by Gasteiger charge is -2.09. The van der Waals surface area contributed by atoms with E-state index in [1.165, 1.54) is 5.69 Å². The second-order valence-corrected chi connectivity index (χ2v) is 6.53. The predicted molar refractivity (Wildman–Crippen MR) is 101 cm³/mol. The highest BCUT2D eigenvalue weighted by molar-refractivity contribution is 7.13. The van der Waals surface area contributed by atoms with E-state index in [-0.39, 0.29) is 0 Å². The number of aromatic nitrogens is 2. The number of benzene rings is 1. The third-order valence-electron chi connectivity index (χ3n) is 3.93. The van der Waals surface area contributed by atoms with Crippen molar-refractivity contribution >= 4 is 11.3 Å². The Hall–Kier alpha value is -2.15. The molecule has 1 aromatic carbocycles. The van der Waals surface area contributed by atoms with Gasteiger partial charge in [0, 0.05) is 43.0 Å². The molecule has 0 amide bonds. The third kappa shape index (κ3) is 4.69. The van der Waals surface area contributed by atoms with Gasteiger partial charge < -0.3 is 19.4 Å². The lowest BCUT2D eigenvalue weighted by Crippen LogP contribution is -2.20. The maximum Gasteiger partial charge on any atom is 0.123 e. The fourth-order valence-corrected chi connectivity index (χ4v) is 3.39. The molecule has 6 heteroatoms. The van der Waals surface area contributed by atoms with E-state index in [0.29, 0.717) is 0 Å². The van der Waals surface area contributed by atoms with Gasteiger partial charge in [-0.1, -0.05) is 0 Å². The smallest absolute Gasteiger partial charge is 0.123 e. The van der Waals surface area contributed by atoms with Crippen molar-refractivity contribution < 1.29 is 9.47 Å². The number of rotatable bonds is 9. The van der Waals surface area contributed by atoms with Crippen LogP contribution in [0.4, 0.5) is 0 Å². The van der Waals surface area contributed by atoms with Gasteiger partial charge in [0.05, 0.1) is 26.0 Å². The second-order valence-electron chi connectivity index (χ2n) is 5.67. The molecular weight excluding hydrogens is 334 g/mol. The van der Waals surface area contributed by atoms with Crippen molar-refractivity contribution in [2.24, 2.45) is 0 Å². The topological polar surface area (TPSA) is 48.3 Å². The van der Waals surface area contributed by atoms with E-state index in [0.717, 1.165) is 48.3 Å². The normalized spacial score (nSPS) is 11.0. The van der Waals surface area contributed by atoms with Crippen LogP contribution >= 0.6 is 11.3 Å². The molecule has 5 nitrogen and oxygen atoms in total. The minimum atomic E-state index is 0.720. The number of methoxy groups -OCH3 is 2. The molecule has 25 heavy (non-hydrogen) atoms. The zero-order chi connectivity index (χ0) is 17.5. The van der Waals surface area contributed by atoms with Crippen LogP contribution in [0.15, 0.2) is 48.0 Å². The van der Waals surface area contributed by atoms with E-state index in [1.807, 2.05) is 24.3 Å². The van der Waals surface area contributed by atoms with Gasteiger partial charge in [0.15, 0.2) is 0 Å². The summed E-state index contributed by atoms with van der Waals surface area (Å²) in [4.78, 5) is 4.78. The molecule has 0 saturated carbocycles. The van der Waals surface area contributed by atoms with Crippen molar-refractivity contribution in [1.82, 2.24) is 14.9 Å². The number of hydrogen-bond acceptors (Lipinski definition) is 5. The van der Waals surface area contributed by atoms with E-state index in [1.54, 1.807) is 25.6 Å². The third-order valence-corrected chi connectivity index (χ3v) is 4.87. The molecule has 0 radical (unpaired) electrons. The number of hydrogen-bond donors (Lipinski definition) is 1. The van der Waals surface area contributed by atoms with Crippen LogP contribution in [0.5, 0.6) is 5.75 Å². The molecular formula is C19H23N3O2S. The Kier molecular flexibility index (Phi) is 6.22. The summed E-state index contributed by atoms with van der Waals surface area (Å²) in [5.74, 6) is 0.860. The zero-order valence-electron chi connectivity index (χ0n) is 14.6. The van der Waals surface area contributed by atoms with E-state index < -0.39 is 0 Å². The molecule has 3 aromatic rings. The average Bonchev–Trinajstić information content (AvgIpc) is 3.29. The second kappa shape index (κ2) is 8.80. The molecule has 132 valence electrons. The summed E-state index contributed by atoms with van der Waals surface area (Å²) in [5.41, 5.74) is 3.44. The molecule has 2 aromatic heterocycles. The molecule has 0 bridgehead atoms. The Bertz CT molecular complexity index is 780. The molecule has 0 aliphatic rings. The van der Waals surface area contributed by atoms with Gasteiger partial charge in [-0.3, -0.25) is 0 Å². The quantitative estimate of drug-likeness (QED) is 0.596. The fourth-order valence-electron chi connectivity index (χ4n) is 2.58. The maximum atomic E-state index is 5.21. The van der Waals surface area contributed by atoms with Gasteiger partial charge in [0.25, 0.3) is 0 Å². The predicted octanol–water partition coefficient (Wildman–Crippen LogP) is 3.40. The fraction of sp³-hybridized carbons (Fsp3) is 0.316. The molecule has 2 heterocycles. The summed E-state index contributed by atoms with van der Waals surface area (Å²) in [6.07, 6.45) is 2.10. The van der Waals surface area contributed by atoms with Crippen molar-refractivity contribution in [2.75, 3.05) is 27.4 Å². The summed E-state index contributed by atoms with van der Waals surface area (Å²) >= 11 is 1.67. The Balaban J connectivity index is 1.64. The van der Waals surface area contributed by atoms with Crippen LogP contribution in [0.1, 0.15) is 11.4 Å². The first-order valence-corrected chi connectivity index (χ1v) is 9.10. The van der Waals surface area contributed by atoms with Gasteiger partial charge in [-0.2, -0.15) is 0 Å². The maximum absolute atomic E-state index is 5.21. The first kappa shape index (κ1) is 17.7. The molecule has 0 unspecified atom stereocenters. The summed E-state index contributed by atoms with van der Waals surface area (Å²) in [5, 5.41) is 6.54. The number of nitrogens with one attached hydrogen (secondary N) is 1. The number of nitrogens with zero attached hydrogens (tertiary/aromatic N) is 2. The highest BCUT2D eigenvalue weighted by atomic mass is 32.1. The molecule has 3 rings (SSSR count). The first-order chi connectivity index (χ1) is 12.3. The molecule has 0 atom stereocenters. The van der Waals surface area contributed by atoms with Crippen LogP contribution in [-0.2, 0) is 17.8 Å². The van der Waals surface area contributed by atoms with E-state index >= 15 is 0 Å². The Morgan fingerprint density at radius 1 is 1.16 bits per heavy atom. The van der Waals surface area contributed by atoms with E-state index in [9.17, 15) is 0 Å². The van der Waals surface area contributed by atoms with Gasteiger partial charge in [0.1, 0.15) is 10.8 Å². The highest BCUT2D eigenvalue weighted by Crippen LogP contribution is 2.26. The minimum Gasteiger partial charge on any atom is -0.497 e. The molecule has 0 aliphatic carbocycles. The van der Waals surface area contributed by atoms with Crippen LogP contribution in [0.2, 0.25) is 0 Å². The lowest BCUT2D eigenvalue weighted by molar-refractivity contribution is 0.199. The van der Waals surface area contributed by atoms with Crippen LogP contribution < -0.4 is 10.1 Å². The van der Waals surface area contributed by atoms with E-state index in [4.69, 9.17) is 14.5 Å². The van der Waals surface area contributed by atoms with Gasteiger partial charge in [-0.15, -0.1) is 11.3 Å². The zero-order valence-corrected chi connectivity index (χ0v) is 15.4. The van der Waals surface area contributed by atoms with Gasteiger partial charge in [0.2, 0.25) is 0 Å². The van der Waals surface area contributed by atoms with Gasteiger partial charge in [-0.25, -0.2) is 4.98 Å². The molecule has 0 fully saturated rings. The lowest BCUT2D eigenvalue weighted by atomic mass is 10.2. The van der Waals surface area contributed by atoms with Crippen molar-refractivity contribution in [3.63, 3.8) is 0 Å². The summed E-state index contributed by atoms with van der Waals surface area (Å²) in [7, 11) is 3.39. The summed E-state index contributed by atoms with van der Waals surface area (Å²) in [6.45, 7) is 3.17. The minimum absolute atomic E-state index is 0.720. The van der Waals surface area contributed by atoms with Crippen LogP contribution in [0.25, 0.3) is 10.6 Å². The molecule has 0 spiro atoms. The van der Waals surface area contributed by atoms with Crippen LogP contribution in [0.3, 0.4) is 0 Å². The largest absolute Gasteiger partial charge is 0.497 e. The number of thiazole rings is 1. The monoisotopic (exact) mass is 357 g/mol. The Morgan fingerprint density at radius 3 is 2.76 bits per heavy atom. The van der Waals surface area contributed by atoms with Crippen LogP contribution in [-0.4, -0.2) is 36.9 Å². The average molecular weight is 357 g/mol. The van der Waals surface area contributed by atoms with E-state index in [2.05, 4.69) is 33.6 Å². The molecule has 1 N–H and O–H groups in total. The van der Waals surface area contributed by atoms with Crippen molar-refractivity contribution in [3.8, 4) is 16.3 Å². The first-order valence-electron chi connectivity index (χ1n) is 8.22. The van der Waals surface area contributed by atoms with Crippen molar-refractivity contribution in [3.05, 3.63) is 59.4 Å². The van der Waals surface area contributed by atoms with Crippen molar-refractivity contribution in [2.45, 2.75) is 13.1 Å². The highest BCUT2D eigenvalue weighted by Gasteiger charge is 2.07. The summed E-state index contributed by atoms with van der Waals surface area (Å²) in [6, 6.07) is 12.2. The van der Waals surface area contributed by atoms with Gasteiger partial charge in [-0.05, 0) is 36.4 Å². The van der Waals surface area contributed by atoms with Gasteiger partial charge >= 0.3 is 0 Å². The molecule has 0 aliphatic heterocycles.